The summed E-state index contributed by atoms with van der Waals surface area (Å²) in [5.41, 5.74) is 0.826. The lowest BCUT2D eigenvalue weighted by Gasteiger charge is -2.26. The van der Waals surface area contributed by atoms with Gasteiger partial charge in [-0.2, -0.15) is 20.2 Å². The predicted octanol–water partition coefficient (Wildman–Crippen LogP) is 0.518. The zero-order valence-corrected chi connectivity index (χ0v) is 14.3. The van der Waals surface area contributed by atoms with Crippen LogP contribution in [0.4, 0.5) is 5.95 Å². The Morgan fingerprint density at radius 1 is 1.35 bits per heavy atom. The van der Waals surface area contributed by atoms with Crippen molar-refractivity contribution in [3.8, 4) is 12.1 Å². The molecule has 0 saturated carbocycles. The molecule has 9 heteroatoms. The summed E-state index contributed by atoms with van der Waals surface area (Å²) in [5, 5.41) is 11.7. The summed E-state index contributed by atoms with van der Waals surface area (Å²) in [6, 6.07) is 8.68. The average molecular weight is 354 g/mol. The number of anilines is 1. The van der Waals surface area contributed by atoms with Crippen LogP contribution in [0, 0.1) is 11.3 Å². The lowest BCUT2D eigenvalue weighted by molar-refractivity contribution is 0.0949. The third kappa shape index (κ3) is 4.23. The molecule has 26 heavy (non-hydrogen) atoms. The first-order chi connectivity index (χ1) is 12.7. The topological polar surface area (TPSA) is 113 Å². The molecule has 3 rings (SSSR count). The highest BCUT2D eigenvalue weighted by atomic mass is 16.5. The van der Waals surface area contributed by atoms with Crippen molar-refractivity contribution in [2.75, 3.05) is 38.3 Å². The van der Waals surface area contributed by atoms with Crippen LogP contribution in [-0.4, -0.2) is 54.3 Å². The minimum absolute atomic E-state index is 0.117. The van der Waals surface area contributed by atoms with E-state index in [1.807, 2.05) is 11.0 Å². The monoisotopic (exact) mass is 354 g/mol. The summed E-state index contributed by atoms with van der Waals surface area (Å²) in [6.45, 7) is 2.69. The zero-order chi connectivity index (χ0) is 18.4. The lowest BCUT2D eigenvalue weighted by atomic mass is 10.1. The second-order valence-corrected chi connectivity index (χ2v) is 5.51. The molecule has 9 nitrogen and oxygen atoms in total. The number of nitrogens with one attached hydrogen (secondary N) is 1. The number of aromatic nitrogens is 3. The fourth-order valence-electron chi connectivity index (χ4n) is 2.45. The van der Waals surface area contributed by atoms with Gasteiger partial charge >= 0.3 is 6.01 Å². The van der Waals surface area contributed by atoms with Gasteiger partial charge in [0.2, 0.25) is 5.95 Å². The van der Waals surface area contributed by atoms with Gasteiger partial charge in [0.05, 0.1) is 38.5 Å². The molecule has 1 aromatic heterocycles. The Labute approximate surface area is 150 Å². The Bertz CT molecular complexity index is 829. The van der Waals surface area contributed by atoms with Gasteiger partial charge in [0, 0.05) is 18.7 Å². The molecule has 0 unspecified atom stereocenters. The molecular formula is C17H18N6O3. The Kier molecular flexibility index (Phi) is 5.56. The van der Waals surface area contributed by atoms with Crippen molar-refractivity contribution in [1.82, 2.24) is 20.3 Å². The molecule has 1 aliphatic heterocycles. The number of rotatable bonds is 5. The first kappa shape index (κ1) is 17.6. The van der Waals surface area contributed by atoms with Crippen LogP contribution in [-0.2, 0) is 11.3 Å². The number of nitrogens with zero attached hydrogens (tertiary/aromatic N) is 5. The third-order valence-electron chi connectivity index (χ3n) is 3.79. The van der Waals surface area contributed by atoms with Crippen LogP contribution in [0.5, 0.6) is 6.01 Å². The molecule has 1 aliphatic rings. The number of amides is 1. The number of ether oxygens (including phenoxy) is 2. The SMILES string of the molecule is COc1nc(CNC(=O)c2cccc(C#N)c2)nc(N2CCOCC2)n1. The molecule has 1 aromatic carbocycles. The number of hydrogen-bond acceptors (Lipinski definition) is 8. The molecular weight excluding hydrogens is 336 g/mol. The number of nitriles is 1. The Morgan fingerprint density at radius 3 is 2.88 bits per heavy atom. The molecule has 0 radical (unpaired) electrons. The second kappa shape index (κ2) is 8.22. The maximum absolute atomic E-state index is 12.3. The van der Waals surface area contributed by atoms with E-state index in [0.717, 1.165) is 0 Å². The molecule has 134 valence electrons. The van der Waals surface area contributed by atoms with Crippen molar-refractivity contribution in [3.05, 3.63) is 41.2 Å². The molecule has 1 fully saturated rings. The van der Waals surface area contributed by atoms with Gasteiger partial charge in [0.15, 0.2) is 5.82 Å². The van der Waals surface area contributed by atoms with E-state index in [-0.39, 0.29) is 18.5 Å². The quantitative estimate of drug-likeness (QED) is 0.827. The van der Waals surface area contributed by atoms with Gasteiger partial charge in [-0.15, -0.1) is 0 Å². The molecule has 2 heterocycles. The Hall–Kier alpha value is -3.25. The smallest absolute Gasteiger partial charge is 0.321 e. The second-order valence-electron chi connectivity index (χ2n) is 5.51. The van der Waals surface area contributed by atoms with E-state index in [9.17, 15) is 4.79 Å². The minimum atomic E-state index is -0.311. The van der Waals surface area contributed by atoms with E-state index in [1.165, 1.54) is 13.2 Å². The number of carbonyl (C=O) groups is 1. The van der Waals surface area contributed by atoms with Crippen molar-refractivity contribution in [3.63, 3.8) is 0 Å². The van der Waals surface area contributed by atoms with Crippen LogP contribution < -0.4 is 15.0 Å². The molecule has 0 spiro atoms. The molecule has 1 N–H and O–H groups in total. The highest BCUT2D eigenvalue weighted by Crippen LogP contribution is 2.14. The summed E-state index contributed by atoms with van der Waals surface area (Å²) >= 11 is 0. The van der Waals surface area contributed by atoms with Crippen LogP contribution in [0.25, 0.3) is 0 Å². The molecule has 0 aliphatic carbocycles. The molecule has 1 amide bonds. The summed E-state index contributed by atoms with van der Waals surface area (Å²) in [4.78, 5) is 27.1. The normalized spacial score (nSPS) is 13.8. The van der Waals surface area contributed by atoms with E-state index in [2.05, 4.69) is 20.3 Å². The van der Waals surface area contributed by atoms with Crippen molar-refractivity contribution in [1.29, 1.82) is 5.26 Å². The first-order valence-electron chi connectivity index (χ1n) is 8.09. The maximum Gasteiger partial charge on any atom is 0.321 e. The van der Waals surface area contributed by atoms with Gasteiger partial charge in [0.1, 0.15) is 0 Å². The minimum Gasteiger partial charge on any atom is -0.467 e. The summed E-state index contributed by atoms with van der Waals surface area (Å²) in [7, 11) is 1.48. The first-order valence-corrected chi connectivity index (χ1v) is 8.09. The van der Waals surface area contributed by atoms with E-state index < -0.39 is 0 Å². The largest absolute Gasteiger partial charge is 0.467 e. The summed E-state index contributed by atoms with van der Waals surface area (Å²) in [5.74, 6) is 0.577. The van der Waals surface area contributed by atoms with Gasteiger partial charge < -0.3 is 19.7 Å². The number of morpholine rings is 1. The van der Waals surface area contributed by atoms with Crippen molar-refractivity contribution < 1.29 is 14.3 Å². The highest BCUT2D eigenvalue weighted by Gasteiger charge is 2.17. The highest BCUT2D eigenvalue weighted by molar-refractivity contribution is 5.94. The van der Waals surface area contributed by atoms with Crippen LogP contribution in [0.1, 0.15) is 21.7 Å². The Balaban J connectivity index is 1.72. The van der Waals surface area contributed by atoms with Crippen LogP contribution in [0.3, 0.4) is 0 Å². The van der Waals surface area contributed by atoms with E-state index in [4.69, 9.17) is 14.7 Å². The fraction of sp³-hybridized carbons (Fsp3) is 0.353. The van der Waals surface area contributed by atoms with Crippen LogP contribution >= 0.6 is 0 Å². The number of methoxy groups -OCH3 is 1. The molecule has 0 bridgehead atoms. The van der Waals surface area contributed by atoms with Gasteiger partial charge in [-0.3, -0.25) is 4.79 Å². The van der Waals surface area contributed by atoms with Crippen molar-refractivity contribution in [2.45, 2.75) is 6.54 Å². The van der Waals surface area contributed by atoms with Gasteiger partial charge in [-0.1, -0.05) is 6.07 Å². The fourth-order valence-corrected chi connectivity index (χ4v) is 2.45. The van der Waals surface area contributed by atoms with Gasteiger partial charge in [-0.25, -0.2) is 0 Å². The van der Waals surface area contributed by atoms with E-state index in [0.29, 0.717) is 49.2 Å². The summed E-state index contributed by atoms with van der Waals surface area (Å²) in [6.07, 6.45) is 0. The lowest BCUT2D eigenvalue weighted by Crippen LogP contribution is -2.37. The molecule has 1 saturated heterocycles. The van der Waals surface area contributed by atoms with Gasteiger partial charge in [-0.05, 0) is 18.2 Å². The zero-order valence-electron chi connectivity index (χ0n) is 14.3. The summed E-state index contributed by atoms with van der Waals surface area (Å²) < 4.78 is 10.5. The van der Waals surface area contributed by atoms with Gasteiger partial charge in [0.25, 0.3) is 5.91 Å². The van der Waals surface area contributed by atoms with Crippen molar-refractivity contribution in [2.24, 2.45) is 0 Å². The van der Waals surface area contributed by atoms with Crippen LogP contribution in [0.2, 0.25) is 0 Å². The number of carbonyl (C=O) groups excluding carboxylic acids is 1. The van der Waals surface area contributed by atoms with Crippen molar-refractivity contribution >= 4 is 11.9 Å². The Morgan fingerprint density at radius 2 is 2.15 bits per heavy atom. The predicted molar refractivity (Wildman–Crippen MR) is 91.7 cm³/mol. The number of hydrogen-bond donors (Lipinski definition) is 1. The average Bonchev–Trinajstić information content (AvgIpc) is 2.72. The molecule has 2 aromatic rings. The standard InChI is InChI=1S/C17H18N6O3/c1-25-17-21-14(20-16(22-17)23-5-7-26-8-6-23)11-19-15(24)13-4-2-3-12(9-13)10-18/h2-4,9H,5-8,11H2,1H3,(H,19,24). The maximum atomic E-state index is 12.3. The van der Waals surface area contributed by atoms with E-state index >= 15 is 0 Å². The van der Waals surface area contributed by atoms with Crippen LogP contribution in [0.15, 0.2) is 24.3 Å². The van der Waals surface area contributed by atoms with E-state index in [1.54, 1.807) is 18.2 Å². The third-order valence-corrected chi connectivity index (χ3v) is 3.79. The number of benzene rings is 1. The molecule has 0 atom stereocenters.